The van der Waals surface area contributed by atoms with Crippen molar-refractivity contribution in [1.29, 1.82) is 0 Å². The van der Waals surface area contributed by atoms with Crippen LogP contribution in [0.2, 0.25) is 5.15 Å². The van der Waals surface area contributed by atoms with E-state index in [4.69, 9.17) is 16.1 Å². The second kappa shape index (κ2) is 7.59. The molecule has 4 aromatic rings. The van der Waals surface area contributed by atoms with E-state index in [-0.39, 0.29) is 5.58 Å². The van der Waals surface area contributed by atoms with Crippen molar-refractivity contribution in [3.63, 3.8) is 0 Å². The first-order chi connectivity index (χ1) is 13.2. The van der Waals surface area contributed by atoms with E-state index in [9.17, 15) is 4.39 Å². The molecule has 0 saturated carbocycles. The third kappa shape index (κ3) is 3.83. The lowest BCUT2D eigenvalue weighted by Crippen LogP contribution is -2.06. The first-order valence-corrected chi connectivity index (χ1v) is 8.68. The van der Waals surface area contributed by atoms with Crippen LogP contribution in [0.25, 0.3) is 11.0 Å². The second-order valence-electron chi connectivity index (χ2n) is 5.87. The summed E-state index contributed by atoms with van der Waals surface area (Å²) < 4.78 is 19.9. The average Bonchev–Trinajstić information content (AvgIpc) is 3.10. The number of halogens is 2. The molecular weight excluding hydrogens is 369 g/mol. The summed E-state index contributed by atoms with van der Waals surface area (Å²) in [5.41, 5.74) is 2.20. The van der Waals surface area contributed by atoms with Gasteiger partial charge in [0.2, 0.25) is 5.58 Å². The molecule has 0 aliphatic rings. The van der Waals surface area contributed by atoms with Crippen LogP contribution in [-0.2, 0) is 6.42 Å². The van der Waals surface area contributed by atoms with Gasteiger partial charge in [0.25, 0.3) is 0 Å². The summed E-state index contributed by atoms with van der Waals surface area (Å²) >= 11 is 5.77. The van der Waals surface area contributed by atoms with Gasteiger partial charge in [-0.3, -0.25) is 4.98 Å². The Labute approximate surface area is 159 Å². The Morgan fingerprint density at radius 2 is 2.04 bits per heavy atom. The van der Waals surface area contributed by atoms with Crippen molar-refractivity contribution < 1.29 is 8.91 Å². The molecular formula is C19H15ClFN5O. The fraction of sp³-hybridized carbons (Fsp3) is 0.105. The van der Waals surface area contributed by atoms with E-state index >= 15 is 0 Å². The van der Waals surface area contributed by atoms with E-state index in [0.717, 1.165) is 12.0 Å². The van der Waals surface area contributed by atoms with Crippen molar-refractivity contribution in [1.82, 2.24) is 15.1 Å². The van der Waals surface area contributed by atoms with E-state index < -0.39 is 5.82 Å². The zero-order valence-electron chi connectivity index (χ0n) is 14.1. The Hall–Kier alpha value is -3.19. The van der Waals surface area contributed by atoms with Gasteiger partial charge in [-0.15, -0.1) is 0 Å². The van der Waals surface area contributed by atoms with E-state index in [1.165, 1.54) is 0 Å². The quantitative estimate of drug-likeness (QED) is 0.465. The molecule has 0 bridgehead atoms. The number of anilines is 3. The highest BCUT2D eigenvalue weighted by atomic mass is 35.5. The van der Waals surface area contributed by atoms with E-state index in [0.29, 0.717) is 34.3 Å². The van der Waals surface area contributed by atoms with Crippen LogP contribution >= 0.6 is 11.6 Å². The molecule has 8 heteroatoms. The van der Waals surface area contributed by atoms with E-state index in [2.05, 4.69) is 25.8 Å². The van der Waals surface area contributed by atoms with Gasteiger partial charge in [0.1, 0.15) is 5.15 Å². The van der Waals surface area contributed by atoms with Crippen LogP contribution in [0, 0.1) is 5.82 Å². The van der Waals surface area contributed by atoms with Gasteiger partial charge < -0.3 is 15.2 Å². The van der Waals surface area contributed by atoms with Crippen molar-refractivity contribution in [3.8, 4) is 0 Å². The highest BCUT2D eigenvalue weighted by molar-refractivity contribution is 6.29. The monoisotopic (exact) mass is 383 g/mol. The lowest BCUT2D eigenvalue weighted by molar-refractivity contribution is 0.444. The van der Waals surface area contributed by atoms with Gasteiger partial charge in [0, 0.05) is 18.9 Å². The zero-order chi connectivity index (χ0) is 18.6. The third-order valence-corrected chi connectivity index (χ3v) is 4.25. The molecule has 136 valence electrons. The van der Waals surface area contributed by atoms with Crippen molar-refractivity contribution in [3.05, 3.63) is 71.5 Å². The normalized spacial score (nSPS) is 10.9. The molecule has 0 aliphatic heterocycles. The van der Waals surface area contributed by atoms with Gasteiger partial charge in [-0.2, -0.15) is 0 Å². The Bertz CT molecular complexity index is 1050. The number of rotatable bonds is 6. The number of hydrogen-bond donors (Lipinski definition) is 2. The Balaban J connectivity index is 1.50. The van der Waals surface area contributed by atoms with Gasteiger partial charge in [-0.1, -0.05) is 22.8 Å². The third-order valence-electron chi connectivity index (χ3n) is 4.02. The minimum absolute atomic E-state index is 0.0887. The maximum absolute atomic E-state index is 14.7. The van der Waals surface area contributed by atoms with Gasteiger partial charge in [0.15, 0.2) is 11.6 Å². The summed E-state index contributed by atoms with van der Waals surface area (Å²) in [5.74, 6) is -0.0663. The molecule has 0 fully saturated rings. The summed E-state index contributed by atoms with van der Waals surface area (Å²) in [7, 11) is 0. The van der Waals surface area contributed by atoms with Crippen LogP contribution in [0.3, 0.4) is 0 Å². The highest BCUT2D eigenvalue weighted by Gasteiger charge is 2.16. The number of pyridine rings is 2. The number of fused-ring (bicyclic) bond motifs is 1. The molecule has 1 aromatic carbocycles. The fourth-order valence-corrected chi connectivity index (χ4v) is 2.78. The van der Waals surface area contributed by atoms with Crippen LogP contribution in [0.15, 0.2) is 59.5 Å². The first-order valence-electron chi connectivity index (χ1n) is 8.30. The van der Waals surface area contributed by atoms with Crippen molar-refractivity contribution in [2.75, 3.05) is 17.2 Å². The predicted molar refractivity (Wildman–Crippen MR) is 103 cm³/mol. The summed E-state index contributed by atoms with van der Waals surface area (Å²) in [4.78, 5) is 8.05. The standard InChI is InChI=1S/C19H15ClFN5O/c20-16-6-3-13(11-24-16)25-19-14-4-5-15(17(21)18(14)27-26-19)23-9-7-12-2-1-8-22-10-12/h1-6,8,10-11,23H,7,9H2,(H,25,26). The molecule has 27 heavy (non-hydrogen) atoms. The minimum atomic E-state index is -0.478. The number of hydrogen-bond acceptors (Lipinski definition) is 6. The van der Waals surface area contributed by atoms with Crippen LogP contribution in [0.5, 0.6) is 0 Å². The van der Waals surface area contributed by atoms with E-state index in [1.807, 2.05) is 12.1 Å². The molecule has 0 amide bonds. The van der Waals surface area contributed by atoms with Gasteiger partial charge in [-0.25, -0.2) is 9.37 Å². The second-order valence-corrected chi connectivity index (χ2v) is 6.25. The van der Waals surface area contributed by atoms with E-state index in [1.54, 1.807) is 42.9 Å². The summed E-state index contributed by atoms with van der Waals surface area (Å²) in [5, 5.41) is 11.0. The molecule has 0 atom stereocenters. The lowest BCUT2D eigenvalue weighted by atomic mass is 10.2. The zero-order valence-corrected chi connectivity index (χ0v) is 14.9. The summed E-state index contributed by atoms with van der Waals surface area (Å²) in [6, 6.07) is 10.7. The van der Waals surface area contributed by atoms with Crippen molar-refractivity contribution in [2.45, 2.75) is 6.42 Å². The smallest absolute Gasteiger partial charge is 0.206 e. The number of aromatic nitrogens is 3. The topological polar surface area (TPSA) is 75.9 Å². The Morgan fingerprint density at radius 3 is 2.81 bits per heavy atom. The summed E-state index contributed by atoms with van der Waals surface area (Å²) in [6.07, 6.45) is 5.81. The highest BCUT2D eigenvalue weighted by Crippen LogP contribution is 2.31. The van der Waals surface area contributed by atoms with Crippen LogP contribution in [0.1, 0.15) is 5.56 Å². The Kier molecular flexibility index (Phi) is 4.84. The first kappa shape index (κ1) is 17.2. The van der Waals surface area contributed by atoms with Gasteiger partial charge in [0.05, 0.1) is 23.0 Å². The number of nitrogens with zero attached hydrogens (tertiary/aromatic N) is 3. The Morgan fingerprint density at radius 1 is 1.11 bits per heavy atom. The molecule has 3 aromatic heterocycles. The fourth-order valence-electron chi connectivity index (χ4n) is 2.67. The van der Waals surface area contributed by atoms with Crippen LogP contribution in [0.4, 0.5) is 21.6 Å². The van der Waals surface area contributed by atoms with Crippen molar-refractivity contribution in [2.24, 2.45) is 0 Å². The van der Waals surface area contributed by atoms with Crippen LogP contribution in [-0.4, -0.2) is 21.7 Å². The largest absolute Gasteiger partial charge is 0.382 e. The molecule has 0 radical (unpaired) electrons. The lowest BCUT2D eigenvalue weighted by Gasteiger charge is -2.07. The molecule has 3 heterocycles. The number of benzene rings is 1. The number of nitrogens with one attached hydrogen (secondary N) is 2. The molecule has 2 N–H and O–H groups in total. The molecule has 0 spiro atoms. The average molecular weight is 384 g/mol. The predicted octanol–water partition coefficient (Wildman–Crippen LogP) is 4.81. The molecule has 0 saturated heterocycles. The molecule has 0 aliphatic carbocycles. The molecule has 4 rings (SSSR count). The van der Waals surface area contributed by atoms with Gasteiger partial charge >= 0.3 is 0 Å². The minimum Gasteiger partial charge on any atom is -0.382 e. The van der Waals surface area contributed by atoms with Crippen molar-refractivity contribution >= 4 is 39.8 Å². The summed E-state index contributed by atoms with van der Waals surface area (Å²) in [6.45, 7) is 0.573. The van der Waals surface area contributed by atoms with Crippen LogP contribution < -0.4 is 10.6 Å². The maximum atomic E-state index is 14.7. The maximum Gasteiger partial charge on any atom is 0.206 e. The molecule has 0 unspecified atom stereocenters. The SMILES string of the molecule is Fc1c(NCCc2cccnc2)ccc2c(Nc3ccc(Cl)nc3)noc12. The molecule has 6 nitrogen and oxygen atoms in total. The van der Waals surface area contributed by atoms with Gasteiger partial charge in [-0.05, 0) is 42.3 Å².